The lowest BCUT2D eigenvalue weighted by molar-refractivity contribution is -0.126. The number of benzene rings is 1. The molecule has 0 bridgehead atoms. The van der Waals surface area contributed by atoms with E-state index >= 15 is 0 Å². The number of carbonyl (C=O) groups excluding carboxylic acids is 3. The van der Waals surface area contributed by atoms with Crippen molar-refractivity contribution in [2.24, 2.45) is 11.3 Å². The van der Waals surface area contributed by atoms with Gasteiger partial charge in [0.15, 0.2) is 0 Å². The summed E-state index contributed by atoms with van der Waals surface area (Å²) in [4.78, 5) is 44.2. The van der Waals surface area contributed by atoms with E-state index < -0.39 is 12.1 Å². The lowest BCUT2D eigenvalue weighted by Gasteiger charge is -2.32. The van der Waals surface area contributed by atoms with Gasteiger partial charge in [-0.2, -0.15) is 5.26 Å². The molecule has 2 aromatic rings. The van der Waals surface area contributed by atoms with Crippen molar-refractivity contribution in [3.8, 4) is 11.8 Å². The number of halogens is 1. The average molecular weight is 526 g/mol. The molecule has 3 fully saturated rings. The van der Waals surface area contributed by atoms with E-state index in [4.69, 9.17) is 16.3 Å². The summed E-state index contributed by atoms with van der Waals surface area (Å²) in [6.45, 7) is 1.09. The first-order chi connectivity index (χ1) is 17.8. The molecule has 37 heavy (non-hydrogen) atoms. The van der Waals surface area contributed by atoms with Crippen LogP contribution in [0.1, 0.15) is 61.9 Å². The molecule has 1 unspecified atom stereocenters. The third-order valence-corrected chi connectivity index (χ3v) is 8.68. The molecule has 3 amide bonds. The maximum Gasteiger partial charge on any atom is 0.271 e. The van der Waals surface area contributed by atoms with Gasteiger partial charge in [0, 0.05) is 29.9 Å². The van der Waals surface area contributed by atoms with Crippen molar-refractivity contribution in [2.45, 2.75) is 63.5 Å². The molecule has 1 saturated carbocycles. The third-order valence-electron chi connectivity index (χ3n) is 8.29. The lowest BCUT2D eigenvalue weighted by atomic mass is 9.72. The summed E-state index contributed by atoms with van der Waals surface area (Å²) in [6.07, 6.45) is 6.75. The number of hydrogen-bond acceptors (Lipinski definition) is 5. The Morgan fingerprint density at radius 1 is 1.32 bits per heavy atom. The second-order valence-corrected chi connectivity index (χ2v) is 11.0. The number of methoxy groups -OCH3 is 1. The van der Waals surface area contributed by atoms with Gasteiger partial charge in [-0.25, -0.2) is 0 Å². The molecule has 3 N–H and O–H groups in total. The third kappa shape index (κ3) is 4.87. The van der Waals surface area contributed by atoms with Crippen molar-refractivity contribution in [1.82, 2.24) is 20.5 Å². The number of carbonyl (C=O) groups is 3. The molecule has 1 aromatic heterocycles. The van der Waals surface area contributed by atoms with Crippen LogP contribution in [0.15, 0.2) is 18.2 Å². The Kier molecular flexibility index (Phi) is 7.04. The number of aromatic nitrogens is 1. The molecule has 1 aromatic carbocycles. The van der Waals surface area contributed by atoms with Gasteiger partial charge >= 0.3 is 0 Å². The first-order valence-electron chi connectivity index (χ1n) is 13.0. The number of nitrogens with zero attached hydrogens (tertiary/aromatic N) is 2. The summed E-state index contributed by atoms with van der Waals surface area (Å²) in [7, 11) is 1.54. The number of hydrogen-bond donors (Lipinski definition) is 3. The van der Waals surface area contributed by atoms with Crippen LogP contribution in [0.4, 0.5) is 0 Å². The smallest absolute Gasteiger partial charge is 0.271 e. The minimum absolute atomic E-state index is 0.0811. The predicted octanol–water partition coefficient (Wildman–Crippen LogP) is 3.53. The van der Waals surface area contributed by atoms with Gasteiger partial charge in [-0.1, -0.05) is 30.9 Å². The fourth-order valence-electron chi connectivity index (χ4n) is 6.31. The van der Waals surface area contributed by atoms with E-state index in [1.54, 1.807) is 17.0 Å². The van der Waals surface area contributed by atoms with Crippen LogP contribution >= 0.6 is 11.6 Å². The van der Waals surface area contributed by atoms with Gasteiger partial charge in [-0.3, -0.25) is 14.4 Å². The van der Waals surface area contributed by atoms with Crippen LogP contribution in [0.5, 0.6) is 5.75 Å². The van der Waals surface area contributed by atoms with E-state index in [0.717, 1.165) is 32.1 Å². The Bertz CT molecular complexity index is 1260. The van der Waals surface area contributed by atoms with Crippen molar-refractivity contribution in [3.05, 3.63) is 28.9 Å². The molecule has 5 rings (SSSR count). The summed E-state index contributed by atoms with van der Waals surface area (Å²) in [6, 6.07) is 5.92. The number of nitrogens with one attached hydrogen (secondary N) is 3. The number of ether oxygens (including phenoxy) is 1. The molecule has 3 heterocycles. The number of aromatic amines is 1. The lowest BCUT2D eigenvalue weighted by Crippen LogP contribution is -2.49. The number of rotatable bonds is 6. The monoisotopic (exact) mass is 525 g/mol. The van der Waals surface area contributed by atoms with E-state index in [1.807, 2.05) is 6.07 Å². The van der Waals surface area contributed by atoms with Crippen molar-refractivity contribution in [1.29, 1.82) is 5.26 Å². The molecule has 10 heteroatoms. The van der Waals surface area contributed by atoms with Crippen molar-refractivity contribution < 1.29 is 19.1 Å². The van der Waals surface area contributed by atoms with E-state index in [1.165, 1.54) is 7.11 Å². The zero-order valence-corrected chi connectivity index (χ0v) is 21.7. The minimum Gasteiger partial charge on any atom is -0.495 e. The number of amides is 3. The first kappa shape index (κ1) is 25.4. The van der Waals surface area contributed by atoms with Crippen LogP contribution in [-0.2, 0) is 9.59 Å². The first-order valence-corrected chi connectivity index (χ1v) is 13.4. The number of fused-ring (bicyclic) bond motifs is 1. The molecule has 9 nitrogen and oxygen atoms in total. The molecule has 3 atom stereocenters. The number of H-pyrrole nitrogens is 1. The largest absolute Gasteiger partial charge is 0.495 e. The molecule has 0 radical (unpaired) electrons. The molecule has 2 aliphatic heterocycles. The second-order valence-electron chi connectivity index (χ2n) is 10.6. The van der Waals surface area contributed by atoms with Crippen molar-refractivity contribution in [2.75, 3.05) is 20.2 Å². The highest BCUT2D eigenvalue weighted by molar-refractivity contribution is 6.37. The Morgan fingerprint density at radius 3 is 2.78 bits per heavy atom. The van der Waals surface area contributed by atoms with E-state index in [9.17, 15) is 19.6 Å². The fourth-order valence-corrected chi connectivity index (χ4v) is 6.61. The second kappa shape index (κ2) is 10.3. The molecular weight excluding hydrogens is 494 g/mol. The standard InChI is InChI=1S/C27H32ClN5O4/c1-37-22-6-5-19-18(23(22)28)12-20(32-19)26(36)33-15-27(8-3-2-4-9-27)13-21(33)25(35)31-17(14-29)11-16-7-10-30-24(16)34/h5-6,12,16-17,21,32H,2-4,7-11,13,15H2,1H3,(H,30,34)(H,31,35)/t16-,17-,21?/m0/s1. The van der Waals surface area contributed by atoms with E-state index in [-0.39, 0.29) is 35.5 Å². The van der Waals surface area contributed by atoms with Gasteiger partial charge in [0.25, 0.3) is 5.91 Å². The number of nitriles is 1. The van der Waals surface area contributed by atoms with Crippen molar-refractivity contribution >= 4 is 40.2 Å². The molecule has 196 valence electrons. The zero-order chi connectivity index (χ0) is 26.2. The average Bonchev–Trinajstić information content (AvgIpc) is 3.62. The highest BCUT2D eigenvalue weighted by atomic mass is 35.5. The Labute approximate surface area is 220 Å². The van der Waals surface area contributed by atoms with Gasteiger partial charge in [-0.15, -0.1) is 0 Å². The van der Waals surface area contributed by atoms with Gasteiger partial charge in [0.1, 0.15) is 23.5 Å². The maximum atomic E-state index is 13.8. The summed E-state index contributed by atoms with van der Waals surface area (Å²) in [5.41, 5.74) is 0.965. The van der Waals surface area contributed by atoms with Crippen LogP contribution in [0.25, 0.3) is 10.9 Å². The molecule has 2 saturated heterocycles. The SMILES string of the molecule is COc1ccc2[nH]c(C(=O)N3CC4(CCCCC4)CC3C(=O)N[C@H](C#N)C[C@@H]3CCNC3=O)cc2c1Cl. The van der Waals surface area contributed by atoms with Crippen LogP contribution in [-0.4, -0.2) is 59.9 Å². The van der Waals surface area contributed by atoms with E-state index in [2.05, 4.69) is 21.7 Å². The highest BCUT2D eigenvalue weighted by Crippen LogP contribution is 2.47. The summed E-state index contributed by atoms with van der Waals surface area (Å²) in [5, 5.41) is 16.4. The van der Waals surface area contributed by atoms with Gasteiger partial charge in [0.2, 0.25) is 11.8 Å². The van der Waals surface area contributed by atoms with Gasteiger partial charge in [0.05, 0.1) is 18.2 Å². The summed E-state index contributed by atoms with van der Waals surface area (Å²) < 4.78 is 5.30. The zero-order valence-electron chi connectivity index (χ0n) is 20.9. The molecular formula is C27H32ClN5O4. The Balaban J connectivity index is 1.39. The van der Waals surface area contributed by atoms with Crippen LogP contribution in [0.2, 0.25) is 5.02 Å². The predicted molar refractivity (Wildman–Crippen MR) is 138 cm³/mol. The van der Waals surface area contributed by atoms with Crippen LogP contribution in [0, 0.1) is 22.7 Å². The van der Waals surface area contributed by atoms with E-state index in [0.29, 0.717) is 53.3 Å². The van der Waals surface area contributed by atoms with Gasteiger partial charge < -0.3 is 25.3 Å². The van der Waals surface area contributed by atoms with Crippen LogP contribution in [0.3, 0.4) is 0 Å². The summed E-state index contributed by atoms with van der Waals surface area (Å²) >= 11 is 6.48. The molecule has 1 spiro atoms. The molecule has 3 aliphatic rings. The van der Waals surface area contributed by atoms with Crippen molar-refractivity contribution in [3.63, 3.8) is 0 Å². The highest BCUT2D eigenvalue weighted by Gasteiger charge is 2.49. The minimum atomic E-state index is -0.791. The fraction of sp³-hybridized carbons (Fsp3) is 0.556. The Hall–Kier alpha value is -3.25. The van der Waals surface area contributed by atoms with Crippen LogP contribution < -0.4 is 15.4 Å². The summed E-state index contributed by atoms with van der Waals surface area (Å²) in [5.74, 6) is -0.453. The maximum absolute atomic E-state index is 13.8. The topological polar surface area (TPSA) is 127 Å². The van der Waals surface area contributed by atoms with Gasteiger partial charge in [-0.05, 0) is 55.7 Å². The Morgan fingerprint density at radius 2 is 2.11 bits per heavy atom. The number of likely N-dealkylation sites (tertiary alicyclic amines) is 1. The molecule has 1 aliphatic carbocycles. The normalized spacial score (nSPS) is 23.6. The quantitative estimate of drug-likeness (QED) is 0.531.